The van der Waals surface area contributed by atoms with Gasteiger partial charge in [-0.05, 0) is 44.0 Å². The lowest BCUT2D eigenvalue weighted by Crippen LogP contribution is -2.32. The van der Waals surface area contributed by atoms with Crippen LogP contribution in [-0.2, 0) is 11.3 Å². The van der Waals surface area contributed by atoms with Crippen LogP contribution in [0.25, 0.3) is 11.4 Å². The van der Waals surface area contributed by atoms with Crippen LogP contribution in [0.1, 0.15) is 27.7 Å². The van der Waals surface area contributed by atoms with Crippen molar-refractivity contribution in [3.63, 3.8) is 0 Å². The van der Waals surface area contributed by atoms with Crippen molar-refractivity contribution in [2.45, 2.75) is 39.4 Å². The van der Waals surface area contributed by atoms with Gasteiger partial charge in [0.25, 0.3) is 0 Å². The van der Waals surface area contributed by atoms with Gasteiger partial charge in [0.15, 0.2) is 11.0 Å². The Bertz CT molecular complexity index is 696. The van der Waals surface area contributed by atoms with E-state index >= 15 is 0 Å². The molecule has 136 valence electrons. The van der Waals surface area contributed by atoms with E-state index in [1.54, 1.807) is 0 Å². The summed E-state index contributed by atoms with van der Waals surface area (Å²) in [5, 5.41) is 10.1. The maximum Gasteiger partial charge on any atom is 0.233 e. The minimum absolute atomic E-state index is 0.127. The number of aromatic nitrogens is 3. The second kappa shape index (κ2) is 9.25. The molecular weight excluding hydrogens is 356 g/mol. The van der Waals surface area contributed by atoms with Gasteiger partial charge in [0.05, 0.1) is 5.75 Å². The molecule has 0 aliphatic rings. The summed E-state index contributed by atoms with van der Waals surface area (Å²) in [5.41, 5.74) is 0.972. The average Bonchev–Trinajstić information content (AvgIpc) is 2.97. The van der Waals surface area contributed by atoms with Crippen LogP contribution in [0.5, 0.6) is 0 Å². The molecule has 0 saturated carbocycles. The maximum atomic E-state index is 12.3. The van der Waals surface area contributed by atoms with Gasteiger partial charge in [-0.25, -0.2) is 0 Å². The summed E-state index contributed by atoms with van der Waals surface area (Å²) < 4.78 is 2.09. The third kappa shape index (κ3) is 5.22. The molecule has 0 bridgehead atoms. The lowest BCUT2D eigenvalue weighted by atomic mass is 10.2. The number of amides is 1. The van der Waals surface area contributed by atoms with E-state index in [9.17, 15) is 4.79 Å². The Kier molecular flexibility index (Phi) is 7.32. The smallest absolute Gasteiger partial charge is 0.233 e. The highest BCUT2D eigenvalue weighted by atomic mass is 35.5. The summed E-state index contributed by atoms with van der Waals surface area (Å²) in [6.45, 7) is 10.5. The zero-order chi connectivity index (χ0) is 18.4. The largest absolute Gasteiger partial charge is 0.343 e. The van der Waals surface area contributed by atoms with E-state index in [-0.39, 0.29) is 5.91 Å². The third-order valence-electron chi connectivity index (χ3n) is 3.81. The summed E-state index contributed by atoms with van der Waals surface area (Å²) in [4.78, 5) is 14.1. The molecule has 5 nitrogen and oxygen atoms in total. The molecule has 0 aliphatic heterocycles. The van der Waals surface area contributed by atoms with Crippen LogP contribution >= 0.6 is 23.4 Å². The lowest BCUT2D eigenvalue weighted by molar-refractivity contribution is -0.127. The molecular formula is C18H25ClN4OS. The molecule has 1 amide bonds. The number of benzene rings is 1. The maximum absolute atomic E-state index is 12.3. The molecule has 0 radical (unpaired) electrons. The van der Waals surface area contributed by atoms with Gasteiger partial charge in [-0.1, -0.05) is 37.2 Å². The van der Waals surface area contributed by atoms with Crippen molar-refractivity contribution < 1.29 is 4.79 Å². The predicted molar refractivity (Wildman–Crippen MR) is 104 cm³/mol. The Balaban J connectivity index is 2.23. The quantitative estimate of drug-likeness (QED) is 0.643. The van der Waals surface area contributed by atoms with E-state index in [1.807, 2.05) is 43.0 Å². The Hall–Kier alpha value is -1.53. The summed E-state index contributed by atoms with van der Waals surface area (Å²) in [7, 11) is 0. The number of carbonyl (C=O) groups excluding carboxylic acids is 1. The van der Waals surface area contributed by atoms with E-state index in [4.69, 9.17) is 11.6 Å². The monoisotopic (exact) mass is 380 g/mol. The molecule has 0 spiro atoms. The fourth-order valence-corrected chi connectivity index (χ4v) is 3.51. The Morgan fingerprint density at radius 3 is 2.40 bits per heavy atom. The van der Waals surface area contributed by atoms with Crippen molar-refractivity contribution >= 4 is 29.3 Å². The number of rotatable bonds is 8. The minimum atomic E-state index is 0.127. The number of nitrogens with zero attached hydrogens (tertiary/aromatic N) is 4. The van der Waals surface area contributed by atoms with E-state index < -0.39 is 0 Å². The molecule has 0 N–H and O–H groups in total. The molecule has 1 aromatic carbocycles. The van der Waals surface area contributed by atoms with Crippen molar-refractivity contribution in [1.82, 2.24) is 19.7 Å². The molecule has 0 saturated heterocycles. The highest BCUT2D eigenvalue weighted by molar-refractivity contribution is 7.99. The van der Waals surface area contributed by atoms with Crippen molar-refractivity contribution in [3.8, 4) is 11.4 Å². The Morgan fingerprint density at radius 2 is 1.84 bits per heavy atom. The van der Waals surface area contributed by atoms with Crippen LogP contribution in [0.15, 0.2) is 29.4 Å². The van der Waals surface area contributed by atoms with Crippen LogP contribution < -0.4 is 0 Å². The summed E-state index contributed by atoms with van der Waals surface area (Å²) in [6.07, 6.45) is 0. The molecule has 0 aliphatic carbocycles. The first-order chi connectivity index (χ1) is 12.0. The van der Waals surface area contributed by atoms with Crippen LogP contribution in [0.2, 0.25) is 5.02 Å². The number of hydrogen-bond acceptors (Lipinski definition) is 4. The summed E-state index contributed by atoms with van der Waals surface area (Å²) >= 11 is 7.43. The summed E-state index contributed by atoms with van der Waals surface area (Å²) in [5.74, 6) is 1.75. The van der Waals surface area contributed by atoms with Crippen LogP contribution in [0.3, 0.4) is 0 Å². The first-order valence-electron chi connectivity index (χ1n) is 8.55. The predicted octanol–water partition coefficient (Wildman–Crippen LogP) is 4.22. The number of thioether (sulfide) groups is 1. The molecule has 0 unspecified atom stereocenters. The van der Waals surface area contributed by atoms with Gasteiger partial charge in [0.1, 0.15) is 0 Å². The number of hydrogen-bond donors (Lipinski definition) is 0. The second-order valence-electron chi connectivity index (χ2n) is 6.17. The van der Waals surface area contributed by atoms with E-state index in [1.165, 1.54) is 11.8 Å². The van der Waals surface area contributed by atoms with E-state index in [2.05, 4.69) is 28.6 Å². The van der Waals surface area contributed by atoms with E-state index in [0.29, 0.717) is 16.7 Å². The molecule has 2 rings (SSSR count). The number of carbonyl (C=O) groups is 1. The van der Waals surface area contributed by atoms with Gasteiger partial charge in [0.2, 0.25) is 5.91 Å². The highest BCUT2D eigenvalue weighted by Gasteiger charge is 2.18. The molecule has 7 heteroatoms. The zero-order valence-electron chi connectivity index (χ0n) is 15.2. The van der Waals surface area contributed by atoms with Gasteiger partial charge >= 0.3 is 0 Å². The van der Waals surface area contributed by atoms with Crippen molar-refractivity contribution in [3.05, 3.63) is 29.3 Å². The van der Waals surface area contributed by atoms with Crippen LogP contribution in [0, 0.1) is 5.92 Å². The molecule has 0 atom stereocenters. The minimum Gasteiger partial charge on any atom is -0.343 e. The molecule has 1 aromatic heterocycles. The SMILES string of the molecule is CCN(CC)C(=O)CSc1nnc(-c2ccc(Cl)cc2)n1CC(C)C. The van der Waals surface area contributed by atoms with Gasteiger partial charge in [0, 0.05) is 30.2 Å². The van der Waals surface area contributed by atoms with Gasteiger partial charge in [-0.2, -0.15) is 0 Å². The Morgan fingerprint density at radius 1 is 1.20 bits per heavy atom. The first-order valence-corrected chi connectivity index (χ1v) is 9.92. The molecule has 0 fully saturated rings. The summed E-state index contributed by atoms with van der Waals surface area (Å²) in [6, 6.07) is 7.58. The molecule has 1 heterocycles. The standard InChI is InChI=1S/C18H25ClN4OS/c1-5-22(6-2)16(24)12-25-18-21-20-17(23(18)11-13(3)4)14-7-9-15(19)10-8-14/h7-10,13H,5-6,11-12H2,1-4H3. The fraction of sp³-hybridized carbons (Fsp3) is 0.500. The lowest BCUT2D eigenvalue weighted by Gasteiger charge is -2.18. The Labute approximate surface area is 158 Å². The van der Waals surface area contributed by atoms with Crippen molar-refractivity contribution in [1.29, 1.82) is 0 Å². The highest BCUT2D eigenvalue weighted by Crippen LogP contribution is 2.26. The van der Waals surface area contributed by atoms with Gasteiger partial charge in [-0.3, -0.25) is 4.79 Å². The average molecular weight is 381 g/mol. The van der Waals surface area contributed by atoms with Crippen molar-refractivity contribution in [2.24, 2.45) is 5.92 Å². The van der Waals surface area contributed by atoms with Crippen LogP contribution in [-0.4, -0.2) is 44.4 Å². The number of halogens is 1. The fourth-order valence-electron chi connectivity index (χ4n) is 2.53. The molecule has 25 heavy (non-hydrogen) atoms. The normalized spacial score (nSPS) is 11.1. The second-order valence-corrected chi connectivity index (χ2v) is 7.55. The van der Waals surface area contributed by atoms with Gasteiger partial charge in [-0.15, -0.1) is 10.2 Å². The zero-order valence-corrected chi connectivity index (χ0v) is 16.8. The first kappa shape index (κ1) is 19.8. The van der Waals surface area contributed by atoms with Gasteiger partial charge < -0.3 is 9.47 Å². The molecule has 2 aromatic rings. The topological polar surface area (TPSA) is 51.0 Å². The van der Waals surface area contributed by atoms with Crippen molar-refractivity contribution in [2.75, 3.05) is 18.8 Å². The van der Waals surface area contributed by atoms with E-state index in [0.717, 1.165) is 36.2 Å². The third-order valence-corrected chi connectivity index (χ3v) is 5.01. The van der Waals surface area contributed by atoms with Crippen LogP contribution in [0.4, 0.5) is 0 Å².